The predicted molar refractivity (Wildman–Crippen MR) is 124 cm³/mol. The molecule has 2 aromatic carbocycles. The van der Waals surface area contributed by atoms with Crippen molar-refractivity contribution < 1.29 is 24.3 Å². The number of carbonyl (C=O) groups excluding carboxylic acids is 3. The van der Waals surface area contributed by atoms with Crippen LogP contribution in [0.3, 0.4) is 0 Å². The summed E-state index contributed by atoms with van der Waals surface area (Å²) in [6.45, 7) is 3.88. The smallest absolute Gasteiger partial charge is 0.336 e. The molecule has 2 N–H and O–H groups in total. The van der Waals surface area contributed by atoms with Crippen LogP contribution in [0.1, 0.15) is 46.8 Å². The van der Waals surface area contributed by atoms with E-state index in [0.717, 1.165) is 28.6 Å². The number of aromatic carboxylic acids is 1. The van der Waals surface area contributed by atoms with Crippen LogP contribution in [0.4, 0.5) is 10.5 Å². The first kappa shape index (κ1) is 23.3. The molecule has 7 nitrogen and oxygen atoms in total. The first-order chi connectivity index (χ1) is 15.3. The van der Waals surface area contributed by atoms with Crippen LogP contribution in [0.25, 0.3) is 6.08 Å². The Morgan fingerprint density at radius 3 is 2.50 bits per heavy atom. The van der Waals surface area contributed by atoms with E-state index in [1.807, 2.05) is 24.3 Å². The molecule has 0 atom stereocenters. The highest BCUT2D eigenvalue weighted by Gasteiger charge is 2.34. The van der Waals surface area contributed by atoms with Gasteiger partial charge in [0.1, 0.15) is 0 Å². The highest BCUT2D eigenvalue weighted by Crippen LogP contribution is 2.32. The molecule has 0 aliphatic carbocycles. The van der Waals surface area contributed by atoms with Crippen molar-refractivity contribution in [1.82, 2.24) is 4.90 Å². The molecule has 0 aromatic heterocycles. The van der Waals surface area contributed by atoms with Crippen molar-refractivity contribution in [2.75, 3.05) is 11.9 Å². The largest absolute Gasteiger partial charge is 0.478 e. The van der Waals surface area contributed by atoms with E-state index in [2.05, 4.69) is 12.2 Å². The fourth-order valence-corrected chi connectivity index (χ4v) is 4.11. The van der Waals surface area contributed by atoms with Gasteiger partial charge in [-0.1, -0.05) is 37.3 Å². The first-order valence-electron chi connectivity index (χ1n) is 10.3. The van der Waals surface area contributed by atoms with Crippen LogP contribution in [0.15, 0.2) is 47.4 Å². The van der Waals surface area contributed by atoms with Crippen molar-refractivity contribution in [1.29, 1.82) is 0 Å². The Morgan fingerprint density at radius 1 is 1.12 bits per heavy atom. The van der Waals surface area contributed by atoms with E-state index in [9.17, 15) is 24.3 Å². The third-order valence-corrected chi connectivity index (χ3v) is 6.00. The molecular formula is C24H24N2O5S. The van der Waals surface area contributed by atoms with Crippen molar-refractivity contribution in [2.24, 2.45) is 0 Å². The second kappa shape index (κ2) is 10.3. The zero-order valence-corrected chi connectivity index (χ0v) is 18.7. The van der Waals surface area contributed by atoms with Crippen molar-refractivity contribution in [3.8, 4) is 0 Å². The van der Waals surface area contributed by atoms with E-state index in [0.29, 0.717) is 22.6 Å². The maximum atomic E-state index is 12.6. The van der Waals surface area contributed by atoms with Crippen LogP contribution >= 0.6 is 11.8 Å². The number of nitrogens with one attached hydrogen (secondary N) is 1. The number of carboxylic acids is 1. The zero-order chi connectivity index (χ0) is 23.3. The number of benzene rings is 2. The Bertz CT molecular complexity index is 1090. The van der Waals surface area contributed by atoms with Gasteiger partial charge in [-0.15, -0.1) is 0 Å². The van der Waals surface area contributed by atoms with Gasteiger partial charge in [0.15, 0.2) is 0 Å². The van der Waals surface area contributed by atoms with Crippen LogP contribution in [0.5, 0.6) is 0 Å². The number of carbonyl (C=O) groups is 4. The molecule has 3 rings (SSSR count). The molecule has 2 aromatic rings. The van der Waals surface area contributed by atoms with Gasteiger partial charge in [-0.05, 0) is 66.4 Å². The van der Waals surface area contributed by atoms with E-state index in [1.54, 1.807) is 25.1 Å². The van der Waals surface area contributed by atoms with E-state index in [4.69, 9.17) is 0 Å². The van der Waals surface area contributed by atoms with Crippen molar-refractivity contribution in [2.45, 2.75) is 33.1 Å². The van der Waals surface area contributed by atoms with Gasteiger partial charge in [-0.3, -0.25) is 19.3 Å². The molecule has 32 heavy (non-hydrogen) atoms. The average Bonchev–Trinajstić information content (AvgIpc) is 3.02. The van der Waals surface area contributed by atoms with E-state index < -0.39 is 5.97 Å². The van der Waals surface area contributed by atoms with E-state index in [-0.39, 0.29) is 35.6 Å². The maximum absolute atomic E-state index is 12.6. The van der Waals surface area contributed by atoms with Gasteiger partial charge in [-0.25, -0.2) is 4.79 Å². The van der Waals surface area contributed by atoms with Gasteiger partial charge in [-0.2, -0.15) is 0 Å². The van der Waals surface area contributed by atoms with Crippen LogP contribution in [0, 0.1) is 6.92 Å². The molecule has 166 valence electrons. The summed E-state index contributed by atoms with van der Waals surface area (Å²) in [4.78, 5) is 49.8. The van der Waals surface area contributed by atoms with Gasteiger partial charge in [0.2, 0.25) is 5.91 Å². The number of nitrogens with zero attached hydrogens (tertiary/aromatic N) is 1. The van der Waals surface area contributed by atoms with Gasteiger partial charge >= 0.3 is 5.97 Å². The lowest BCUT2D eigenvalue weighted by Gasteiger charge is -2.12. The third-order valence-electron chi connectivity index (χ3n) is 5.10. The number of rotatable bonds is 8. The molecule has 0 radical (unpaired) electrons. The zero-order valence-electron chi connectivity index (χ0n) is 17.9. The number of hydrogen-bond acceptors (Lipinski definition) is 5. The Kier molecular flexibility index (Phi) is 7.48. The average molecular weight is 453 g/mol. The minimum absolute atomic E-state index is 0.0928. The number of carboxylic acid groups (broad SMARTS) is 1. The van der Waals surface area contributed by atoms with Crippen molar-refractivity contribution >= 4 is 46.5 Å². The SMILES string of the molecule is CCc1ccc(/C=C2\SC(=O)N(CCCC(=O)Nc3ccc(C)c(C(=O)O)c3)C2=O)cc1. The Labute approximate surface area is 190 Å². The molecule has 0 bridgehead atoms. The summed E-state index contributed by atoms with van der Waals surface area (Å²) in [5, 5.41) is 11.5. The number of amides is 3. The van der Waals surface area contributed by atoms with Crippen LogP contribution in [-0.2, 0) is 16.0 Å². The molecule has 1 aliphatic rings. The lowest BCUT2D eigenvalue weighted by molar-refractivity contribution is -0.123. The molecular weight excluding hydrogens is 428 g/mol. The fraction of sp³-hybridized carbons (Fsp3) is 0.250. The highest BCUT2D eigenvalue weighted by atomic mass is 32.2. The molecule has 1 fully saturated rings. The van der Waals surface area contributed by atoms with Crippen molar-refractivity contribution in [3.05, 3.63) is 69.6 Å². The second-order valence-corrected chi connectivity index (χ2v) is 8.41. The number of anilines is 1. The quantitative estimate of drug-likeness (QED) is 0.562. The number of aryl methyl sites for hydroxylation is 2. The molecule has 1 saturated heterocycles. The summed E-state index contributed by atoms with van der Waals surface area (Å²) in [5.41, 5.74) is 3.16. The Morgan fingerprint density at radius 2 is 1.84 bits per heavy atom. The lowest BCUT2D eigenvalue weighted by atomic mass is 10.1. The second-order valence-electron chi connectivity index (χ2n) is 7.42. The molecule has 0 spiro atoms. The first-order valence-corrected chi connectivity index (χ1v) is 11.1. The topological polar surface area (TPSA) is 104 Å². The molecule has 3 amide bonds. The van der Waals surface area contributed by atoms with Gasteiger partial charge in [0.05, 0.1) is 10.5 Å². The van der Waals surface area contributed by atoms with E-state index >= 15 is 0 Å². The number of thioether (sulfide) groups is 1. The Balaban J connectivity index is 1.54. The van der Waals surface area contributed by atoms with Gasteiger partial charge in [0.25, 0.3) is 11.1 Å². The summed E-state index contributed by atoms with van der Waals surface area (Å²) in [6.07, 6.45) is 3.03. The summed E-state index contributed by atoms with van der Waals surface area (Å²) in [6, 6.07) is 12.5. The maximum Gasteiger partial charge on any atom is 0.336 e. The number of hydrogen-bond donors (Lipinski definition) is 2. The minimum Gasteiger partial charge on any atom is -0.478 e. The standard InChI is InChI=1S/C24H24N2O5S/c1-3-16-7-9-17(10-8-16)13-20-22(28)26(24(31)32-20)12-4-5-21(27)25-18-11-6-15(2)19(14-18)23(29)30/h6-11,13-14H,3-5,12H2,1-2H3,(H,25,27)(H,29,30)/b20-13-. The van der Waals surface area contributed by atoms with Crippen LogP contribution < -0.4 is 5.32 Å². The van der Waals surface area contributed by atoms with Crippen molar-refractivity contribution in [3.63, 3.8) is 0 Å². The third kappa shape index (κ3) is 5.64. The molecule has 1 aliphatic heterocycles. The van der Waals surface area contributed by atoms with Crippen LogP contribution in [-0.4, -0.2) is 39.6 Å². The van der Waals surface area contributed by atoms with Gasteiger partial charge < -0.3 is 10.4 Å². The summed E-state index contributed by atoms with van der Waals surface area (Å²) >= 11 is 0.896. The normalized spacial score (nSPS) is 14.8. The number of imide groups is 1. The molecule has 8 heteroatoms. The lowest BCUT2D eigenvalue weighted by Crippen LogP contribution is -2.29. The minimum atomic E-state index is -1.06. The molecule has 0 unspecified atom stereocenters. The van der Waals surface area contributed by atoms with Crippen LogP contribution in [0.2, 0.25) is 0 Å². The predicted octanol–water partition coefficient (Wildman–Crippen LogP) is 4.71. The summed E-state index contributed by atoms with van der Waals surface area (Å²) in [7, 11) is 0. The monoisotopic (exact) mass is 452 g/mol. The Hall–Kier alpha value is -3.39. The summed E-state index contributed by atoms with van der Waals surface area (Å²) < 4.78 is 0. The summed E-state index contributed by atoms with van der Waals surface area (Å²) in [5.74, 6) is -1.74. The molecule has 1 heterocycles. The highest BCUT2D eigenvalue weighted by molar-refractivity contribution is 8.18. The van der Waals surface area contributed by atoms with E-state index in [1.165, 1.54) is 11.6 Å². The molecule has 0 saturated carbocycles. The van der Waals surface area contributed by atoms with Gasteiger partial charge in [0, 0.05) is 18.7 Å². The fourth-order valence-electron chi connectivity index (χ4n) is 3.25.